The van der Waals surface area contributed by atoms with Gasteiger partial charge in [0.25, 0.3) is 5.91 Å². The topological polar surface area (TPSA) is 88.6 Å². The number of aromatic nitrogens is 2. The van der Waals surface area contributed by atoms with Gasteiger partial charge in [-0.2, -0.15) is 0 Å². The van der Waals surface area contributed by atoms with Gasteiger partial charge < -0.3 is 14.5 Å². The second-order valence-electron chi connectivity index (χ2n) is 6.78. The molecule has 4 rings (SSSR count). The predicted octanol–water partition coefficient (Wildman–Crippen LogP) is 3.22. The number of para-hydroxylation sites is 1. The number of aryl methyl sites for hydroxylation is 2. The number of benzene rings is 1. The van der Waals surface area contributed by atoms with E-state index in [1.54, 1.807) is 35.2 Å². The van der Waals surface area contributed by atoms with E-state index in [9.17, 15) is 14.7 Å². The molecule has 7 heteroatoms. The quantitative estimate of drug-likeness (QED) is 0.770. The number of carbonyl (C=O) groups excluding carboxylic acids is 1. The number of carboxylic acids is 1. The zero-order chi connectivity index (χ0) is 19.3. The van der Waals surface area contributed by atoms with Crippen LogP contribution in [0.1, 0.15) is 39.0 Å². The molecule has 0 fully saturated rings. The van der Waals surface area contributed by atoms with Gasteiger partial charge in [-0.1, -0.05) is 23.4 Å². The summed E-state index contributed by atoms with van der Waals surface area (Å²) in [5, 5.41) is 13.6. The van der Waals surface area contributed by atoms with E-state index in [4.69, 9.17) is 4.52 Å². The fourth-order valence-electron chi connectivity index (χ4n) is 3.75. The molecular weight excluding hydrogens is 346 g/mol. The van der Waals surface area contributed by atoms with E-state index in [-0.39, 0.29) is 12.5 Å². The van der Waals surface area contributed by atoms with E-state index >= 15 is 0 Å². The Morgan fingerprint density at radius 1 is 1.19 bits per heavy atom. The van der Waals surface area contributed by atoms with Gasteiger partial charge in [-0.25, -0.2) is 0 Å². The highest BCUT2D eigenvalue weighted by atomic mass is 16.5. The molecule has 0 saturated carbocycles. The Morgan fingerprint density at radius 2 is 1.93 bits per heavy atom. The molecule has 2 aromatic heterocycles. The first-order valence-electron chi connectivity index (χ1n) is 8.64. The molecular formula is C20H19N3O4. The lowest BCUT2D eigenvalue weighted by atomic mass is 10.0. The maximum atomic E-state index is 13.3. The number of aliphatic carboxylic acids is 1. The van der Waals surface area contributed by atoms with E-state index in [1.807, 2.05) is 31.4 Å². The summed E-state index contributed by atoms with van der Waals surface area (Å²) in [5.41, 5.74) is 3.43. The fourth-order valence-corrected chi connectivity index (χ4v) is 3.75. The van der Waals surface area contributed by atoms with Gasteiger partial charge in [0, 0.05) is 29.7 Å². The molecule has 7 nitrogen and oxygen atoms in total. The third kappa shape index (κ3) is 2.63. The lowest BCUT2D eigenvalue weighted by Crippen LogP contribution is -2.31. The second-order valence-corrected chi connectivity index (χ2v) is 6.78. The normalized spacial score (nSPS) is 15.8. The molecule has 0 aliphatic carbocycles. The van der Waals surface area contributed by atoms with Crippen LogP contribution in [-0.4, -0.2) is 33.3 Å². The summed E-state index contributed by atoms with van der Waals surface area (Å²) >= 11 is 0. The van der Waals surface area contributed by atoms with Crippen molar-refractivity contribution in [2.45, 2.75) is 26.7 Å². The summed E-state index contributed by atoms with van der Waals surface area (Å²) in [5.74, 6) is -0.561. The molecule has 138 valence electrons. The first-order valence-corrected chi connectivity index (χ1v) is 8.64. The van der Waals surface area contributed by atoms with Gasteiger partial charge in [-0.3, -0.25) is 14.2 Å². The molecule has 0 radical (unpaired) electrons. The summed E-state index contributed by atoms with van der Waals surface area (Å²) < 4.78 is 7.02. The molecule has 1 aromatic carbocycles. The molecule has 0 spiro atoms. The highest BCUT2D eigenvalue weighted by Crippen LogP contribution is 2.37. The maximum absolute atomic E-state index is 13.3. The molecule has 1 N–H and O–H groups in total. The Bertz CT molecular complexity index is 1060. The van der Waals surface area contributed by atoms with Crippen molar-refractivity contribution in [2.24, 2.45) is 0 Å². The largest absolute Gasteiger partial charge is 0.481 e. The minimum absolute atomic E-state index is 0.125. The Labute approximate surface area is 155 Å². The lowest BCUT2D eigenvalue weighted by Gasteiger charge is -2.17. The number of carboxylic acid groups (broad SMARTS) is 1. The fraction of sp³-hybridized carbons (Fsp3) is 0.250. The van der Waals surface area contributed by atoms with Crippen LogP contribution in [0.2, 0.25) is 0 Å². The first-order chi connectivity index (χ1) is 12.9. The number of nitrogens with zero attached hydrogens (tertiary/aromatic N) is 3. The standard InChI is InChI=1S/C20H19N3O4/c1-11-8-15(13(3)23(11)18-9-12(2)27-21-18)19(24)22-10-16(20(25)26)14-6-4-5-7-17(14)22/h4-9,16H,10H2,1-3H3,(H,25,26). The number of amides is 1. The lowest BCUT2D eigenvalue weighted by molar-refractivity contribution is -0.138. The van der Waals surface area contributed by atoms with Crippen LogP contribution in [0.3, 0.4) is 0 Å². The predicted molar refractivity (Wildman–Crippen MR) is 98.5 cm³/mol. The van der Waals surface area contributed by atoms with Crippen molar-refractivity contribution >= 4 is 17.6 Å². The number of hydrogen-bond donors (Lipinski definition) is 1. The summed E-state index contributed by atoms with van der Waals surface area (Å²) in [7, 11) is 0. The molecule has 27 heavy (non-hydrogen) atoms. The first kappa shape index (κ1) is 17.1. The number of fused-ring (bicyclic) bond motifs is 1. The zero-order valence-electron chi connectivity index (χ0n) is 15.3. The number of carbonyl (C=O) groups is 2. The van der Waals surface area contributed by atoms with Crippen LogP contribution in [-0.2, 0) is 4.79 Å². The molecule has 3 aromatic rings. The highest BCUT2D eigenvalue weighted by molar-refractivity contribution is 6.09. The maximum Gasteiger partial charge on any atom is 0.312 e. The van der Waals surface area contributed by atoms with Gasteiger partial charge in [-0.15, -0.1) is 0 Å². The van der Waals surface area contributed by atoms with Crippen LogP contribution in [0.15, 0.2) is 40.9 Å². The SMILES string of the molecule is Cc1cc(-n2c(C)cc(C(=O)N3CC(C(=O)O)c4ccccc43)c2C)no1. The van der Waals surface area contributed by atoms with Crippen LogP contribution in [0.25, 0.3) is 5.82 Å². The molecule has 1 aliphatic rings. The van der Waals surface area contributed by atoms with Crippen LogP contribution < -0.4 is 4.90 Å². The van der Waals surface area contributed by atoms with Gasteiger partial charge in [0.15, 0.2) is 5.82 Å². The molecule has 1 atom stereocenters. The van der Waals surface area contributed by atoms with E-state index in [1.165, 1.54) is 0 Å². The van der Waals surface area contributed by atoms with E-state index in [2.05, 4.69) is 5.16 Å². The van der Waals surface area contributed by atoms with Crippen LogP contribution >= 0.6 is 0 Å². The van der Waals surface area contributed by atoms with Crippen molar-refractivity contribution in [1.82, 2.24) is 9.72 Å². The molecule has 1 unspecified atom stereocenters. The third-order valence-corrected chi connectivity index (χ3v) is 5.02. The van der Waals surface area contributed by atoms with Gasteiger partial charge in [-0.05, 0) is 38.5 Å². The van der Waals surface area contributed by atoms with Crippen molar-refractivity contribution in [3.63, 3.8) is 0 Å². The molecule has 1 amide bonds. The van der Waals surface area contributed by atoms with E-state index < -0.39 is 11.9 Å². The van der Waals surface area contributed by atoms with Crippen molar-refractivity contribution in [2.75, 3.05) is 11.4 Å². The average molecular weight is 365 g/mol. The highest BCUT2D eigenvalue weighted by Gasteiger charge is 2.37. The van der Waals surface area contributed by atoms with Crippen molar-refractivity contribution in [3.05, 3.63) is 64.7 Å². The van der Waals surface area contributed by atoms with Crippen molar-refractivity contribution < 1.29 is 19.2 Å². The van der Waals surface area contributed by atoms with Crippen molar-refractivity contribution in [3.8, 4) is 5.82 Å². The molecule has 0 bridgehead atoms. The Balaban J connectivity index is 1.76. The minimum Gasteiger partial charge on any atom is -0.481 e. The summed E-state index contributed by atoms with van der Waals surface area (Å²) in [6, 6.07) is 10.8. The number of hydrogen-bond acceptors (Lipinski definition) is 4. The van der Waals surface area contributed by atoms with Crippen LogP contribution in [0.5, 0.6) is 0 Å². The van der Waals surface area contributed by atoms with E-state index in [0.717, 1.165) is 11.4 Å². The van der Waals surface area contributed by atoms with Gasteiger partial charge in [0.05, 0.1) is 5.56 Å². The Hall–Kier alpha value is -3.35. The van der Waals surface area contributed by atoms with Crippen LogP contribution in [0.4, 0.5) is 5.69 Å². The summed E-state index contributed by atoms with van der Waals surface area (Å²) in [6.45, 7) is 5.68. The summed E-state index contributed by atoms with van der Waals surface area (Å²) in [6.07, 6.45) is 0. The smallest absolute Gasteiger partial charge is 0.312 e. The summed E-state index contributed by atoms with van der Waals surface area (Å²) in [4.78, 5) is 26.4. The minimum atomic E-state index is -0.929. The van der Waals surface area contributed by atoms with Gasteiger partial charge in [0.1, 0.15) is 11.7 Å². The monoisotopic (exact) mass is 365 g/mol. The third-order valence-electron chi connectivity index (χ3n) is 5.02. The molecule has 3 heterocycles. The Morgan fingerprint density at radius 3 is 2.59 bits per heavy atom. The zero-order valence-corrected chi connectivity index (χ0v) is 15.3. The molecule has 1 aliphatic heterocycles. The number of rotatable bonds is 3. The Kier molecular flexibility index (Phi) is 3.87. The second kappa shape index (κ2) is 6.12. The molecule has 0 saturated heterocycles. The van der Waals surface area contributed by atoms with Gasteiger partial charge in [0.2, 0.25) is 0 Å². The number of anilines is 1. The van der Waals surface area contributed by atoms with E-state index in [0.29, 0.717) is 28.4 Å². The van der Waals surface area contributed by atoms with Crippen LogP contribution in [0, 0.1) is 20.8 Å². The van der Waals surface area contributed by atoms with Crippen molar-refractivity contribution in [1.29, 1.82) is 0 Å². The van der Waals surface area contributed by atoms with Gasteiger partial charge >= 0.3 is 5.97 Å². The average Bonchev–Trinajstić information content (AvgIpc) is 3.30.